The van der Waals surface area contributed by atoms with Gasteiger partial charge in [-0.2, -0.15) is 15.8 Å². The molecule has 286 valence electrons. The van der Waals surface area contributed by atoms with Crippen LogP contribution in [0.5, 0.6) is 0 Å². The first-order valence-corrected chi connectivity index (χ1v) is 20.4. The number of hydrogen-bond donors (Lipinski definition) is 0. The fourth-order valence-electron chi connectivity index (χ4n) is 9.37. The smallest absolute Gasteiger partial charge is 0.100 e. The Morgan fingerprint density at radius 2 is 0.871 bits per heavy atom. The predicted octanol–water partition coefficient (Wildman–Crippen LogP) is 14.2. The molecule has 2 heterocycles. The number of hydrogen-bond acceptors (Lipinski definition) is 3. The third kappa shape index (κ3) is 5.60. The number of fused-ring (bicyclic) bond motifs is 7. The zero-order valence-corrected chi connectivity index (χ0v) is 33.3. The van der Waals surface area contributed by atoms with Crippen LogP contribution in [0.3, 0.4) is 0 Å². The van der Waals surface area contributed by atoms with Gasteiger partial charge in [0.05, 0.1) is 44.8 Å². The van der Waals surface area contributed by atoms with Crippen molar-refractivity contribution >= 4 is 43.6 Å². The standard InChI is InChI=1S/C57H33N5/c58-34-41-31-39(48-33-47(37-15-5-1-6-16-37)50(35-59)55(51(48)36-60)38-17-7-2-8-18-38)25-27-44(41)40-26-29-53-49(32-40)56-54(61(53)42-19-9-3-10-20-42)30-28-46-45-23-13-14-24-52(45)62(57(46)56)43-21-11-4-12-22-43/h1-33H. The minimum absolute atomic E-state index is 0.386. The number of aromatic nitrogens is 2. The average Bonchev–Trinajstić information content (AvgIpc) is 3.86. The number of nitriles is 3. The summed E-state index contributed by atoms with van der Waals surface area (Å²) in [6.45, 7) is 0. The van der Waals surface area contributed by atoms with Crippen molar-refractivity contribution in [2.45, 2.75) is 0 Å². The Morgan fingerprint density at radius 3 is 1.53 bits per heavy atom. The molecule has 0 bridgehead atoms. The van der Waals surface area contributed by atoms with E-state index in [1.807, 2.05) is 97.1 Å². The van der Waals surface area contributed by atoms with Crippen LogP contribution in [0.4, 0.5) is 0 Å². The van der Waals surface area contributed by atoms with E-state index in [2.05, 4.69) is 130 Å². The van der Waals surface area contributed by atoms with E-state index in [1.54, 1.807) is 0 Å². The van der Waals surface area contributed by atoms with Crippen LogP contribution in [0.1, 0.15) is 16.7 Å². The summed E-state index contributed by atoms with van der Waals surface area (Å²) in [6, 6.07) is 75.1. The van der Waals surface area contributed by atoms with Crippen LogP contribution in [0.2, 0.25) is 0 Å². The van der Waals surface area contributed by atoms with E-state index in [0.29, 0.717) is 27.8 Å². The normalized spacial score (nSPS) is 11.2. The van der Waals surface area contributed by atoms with E-state index in [1.165, 1.54) is 5.39 Å². The van der Waals surface area contributed by atoms with Crippen LogP contribution < -0.4 is 0 Å². The maximum Gasteiger partial charge on any atom is 0.100 e. The summed E-state index contributed by atoms with van der Waals surface area (Å²) in [4.78, 5) is 0. The summed E-state index contributed by atoms with van der Waals surface area (Å²) in [6.07, 6.45) is 0. The summed E-state index contributed by atoms with van der Waals surface area (Å²) < 4.78 is 4.71. The average molecular weight is 788 g/mol. The van der Waals surface area contributed by atoms with Crippen molar-refractivity contribution in [1.82, 2.24) is 9.13 Å². The van der Waals surface area contributed by atoms with Gasteiger partial charge in [0.15, 0.2) is 0 Å². The zero-order chi connectivity index (χ0) is 41.7. The summed E-state index contributed by atoms with van der Waals surface area (Å²) in [5.74, 6) is 0. The van der Waals surface area contributed by atoms with E-state index < -0.39 is 0 Å². The van der Waals surface area contributed by atoms with Crippen molar-refractivity contribution in [2.24, 2.45) is 0 Å². The topological polar surface area (TPSA) is 81.2 Å². The Bertz CT molecular complexity index is 3690. The highest BCUT2D eigenvalue weighted by Crippen LogP contribution is 2.45. The molecule has 0 radical (unpaired) electrons. The molecule has 0 unspecified atom stereocenters. The third-order valence-electron chi connectivity index (χ3n) is 12.1. The van der Waals surface area contributed by atoms with Gasteiger partial charge < -0.3 is 9.13 Å². The van der Waals surface area contributed by atoms with Crippen molar-refractivity contribution in [1.29, 1.82) is 15.8 Å². The van der Waals surface area contributed by atoms with E-state index >= 15 is 0 Å². The molecule has 0 atom stereocenters. The van der Waals surface area contributed by atoms with Gasteiger partial charge in [-0.1, -0.05) is 140 Å². The van der Waals surface area contributed by atoms with Crippen molar-refractivity contribution < 1.29 is 0 Å². The second-order valence-electron chi connectivity index (χ2n) is 15.4. The van der Waals surface area contributed by atoms with Crippen LogP contribution in [0, 0.1) is 34.0 Å². The summed E-state index contributed by atoms with van der Waals surface area (Å²) in [5, 5.41) is 36.9. The van der Waals surface area contributed by atoms with Crippen molar-refractivity contribution in [3.05, 3.63) is 217 Å². The molecule has 0 N–H and O–H groups in total. The molecule has 0 saturated carbocycles. The number of nitrogens with zero attached hydrogens (tertiary/aromatic N) is 5. The fraction of sp³-hybridized carbons (Fsp3) is 0. The fourth-order valence-corrected chi connectivity index (χ4v) is 9.37. The molecule has 0 spiro atoms. The number of benzene rings is 9. The second kappa shape index (κ2) is 14.7. The Balaban J connectivity index is 1.17. The molecule has 9 aromatic carbocycles. The summed E-state index contributed by atoms with van der Waals surface area (Å²) >= 11 is 0. The molecule has 62 heavy (non-hydrogen) atoms. The second-order valence-corrected chi connectivity index (χ2v) is 15.4. The van der Waals surface area contributed by atoms with Gasteiger partial charge in [0, 0.05) is 49.6 Å². The van der Waals surface area contributed by atoms with Crippen molar-refractivity contribution in [3.8, 4) is 74.1 Å². The molecule has 0 amide bonds. The molecule has 5 heteroatoms. The third-order valence-corrected chi connectivity index (χ3v) is 12.1. The molecule has 0 aliphatic carbocycles. The van der Waals surface area contributed by atoms with Gasteiger partial charge in [-0.05, 0) is 88.5 Å². The molecule has 0 aliphatic rings. The maximum absolute atomic E-state index is 10.9. The molecule has 11 aromatic rings. The number of para-hydroxylation sites is 3. The lowest BCUT2D eigenvalue weighted by atomic mass is 9.83. The van der Waals surface area contributed by atoms with Crippen LogP contribution >= 0.6 is 0 Å². The highest BCUT2D eigenvalue weighted by Gasteiger charge is 2.24. The molecular formula is C57H33N5. The minimum atomic E-state index is 0.386. The Kier molecular flexibility index (Phi) is 8.57. The lowest BCUT2D eigenvalue weighted by Gasteiger charge is -2.17. The van der Waals surface area contributed by atoms with Crippen molar-refractivity contribution in [2.75, 3.05) is 0 Å². The Hall–Kier alpha value is -8.95. The molecular weight excluding hydrogens is 755 g/mol. The summed E-state index contributed by atoms with van der Waals surface area (Å²) in [5.41, 5.74) is 13.8. The van der Waals surface area contributed by atoms with Gasteiger partial charge in [0.2, 0.25) is 0 Å². The van der Waals surface area contributed by atoms with Gasteiger partial charge in [0.25, 0.3) is 0 Å². The van der Waals surface area contributed by atoms with Crippen LogP contribution in [-0.2, 0) is 0 Å². The molecule has 0 fully saturated rings. The molecule has 11 rings (SSSR count). The Morgan fingerprint density at radius 1 is 0.339 bits per heavy atom. The molecule has 0 aliphatic heterocycles. The molecule has 0 saturated heterocycles. The zero-order valence-electron chi connectivity index (χ0n) is 33.3. The highest BCUT2D eigenvalue weighted by molar-refractivity contribution is 6.26. The van der Waals surface area contributed by atoms with Crippen LogP contribution in [0.25, 0.3) is 99.5 Å². The van der Waals surface area contributed by atoms with E-state index in [0.717, 1.165) is 83.0 Å². The van der Waals surface area contributed by atoms with Gasteiger partial charge in [-0.15, -0.1) is 0 Å². The van der Waals surface area contributed by atoms with Gasteiger partial charge in [-0.25, -0.2) is 0 Å². The van der Waals surface area contributed by atoms with Gasteiger partial charge in [-0.3, -0.25) is 0 Å². The minimum Gasteiger partial charge on any atom is -0.309 e. The van der Waals surface area contributed by atoms with Gasteiger partial charge in [0.1, 0.15) is 12.1 Å². The van der Waals surface area contributed by atoms with E-state index in [-0.39, 0.29) is 0 Å². The van der Waals surface area contributed by atoms with E-state index in [9.17, 15) is 15.8 Å². The van der Waals surface area contributed by atoms with Crippen LogP contribution in [-0.4, -0.2) is 9.13 Å². The van der Waals surface area contributed by atoms with Gasteiger partial charge >= 0.3 is 0 Å². The largest absolute Gasteiger partial charge is 0.309 e. The van der Waals surface area contributed by atoms with Crippen molar-refractivity contribution in [3.63, 3.8) is 0 Å². The molecule has 2 aromatic heterocycles. The number of rotatable bonds is 6. The summed E-state index contributed by atoms with van der Waals surface area (Å²) in [7, 11) is 0. The Labute approximate surface area is 358 Å². The quantitative estimate of drug-likeness (QED) is 0.168. The first kappa shape index (κ1) is 36.2. The first-order chi connectivity index (χ1) is 30.7. The SMILES string of the molecule is N#Cc1cc(-c2cc(-c3ccccc3)c(C#N)c(-c3ccccc3)c2C#N)ccc1-c1ccc2c(c1)c1c(ccc3c4ccccc4n(-c4ccccc4)c31)n2-c1ccccc1. The highest BCUT2D eigenvalue weighted by atomic mass is 15.0. The first-order valence-electron chi connectivity index (χ1n) is 20.4. The lowest BCUT2D eigenvalue weighted by molar-refractivity contribution is 1.17. The predicted molar refractivity (Wildman–Crippen MR) is 251 cm³/mol. The molecule has 5 nitrogen and oxygen atoms in total. The van der Waals surface area contributed by atoms with Crippen LogP contribution in [0.15, 0.2) is 200 Å². The lowest BCUT2D eigenvalue weighted by Crippen LogP contribution is -1.98. The maximum atomic E-state index is 10.9. The van der Waals surface area contributed by atoms with E-state index in [4.69, 9.17) is 0 Å². The monoisotopic (exact) mass is 787 g/mol.